The molecular weight excluding hydrogens is 386 g/mol. The minimum Gasteiger partial charge on any atom is -0.495 e. The van der Waals surface area contributed by atoms with Crippen LogP contribution < -0.4 is 20.5 Å². The Bertz CT molecular complexity index is 1060. The Kier molecular flexibility index (Phi) is 5.45. The molecule has 0 aliphatic rings. The van der Waals surface area contributed by atoms with Crippen molar-refractivity contribution in [1.82, 2.24) is 0 Å². The molecule has 27 heavy (non-hydrogen) atoms. The van der Waals surface area contributed by atoms with Crippen molar-refractivity contribution >= 4 is 38.8 Å². The second-order valence-electron chi connectivity index (χ2n) is 5.54. The van der Waals surface area contributed by atoms with Crippen molar-refractivity contribution in [1.29, 1.82) is 0 Å². The lowest BCUT2D eigenvalue weighted by molar-refractivity contribution is 0.262. The van der Waals surface area contributed by atoms with Gasteiger partial charge in [0.1, 0.15) is 5.75 Å². The minimum atomic E-state index is -3.91. The lowest BCUT2D eigenvalue weighted by Gasteiger charge is -2.14. The quantitative estimate of drug-likeness (QED) is 0.603. The van der Waals surface area contributed by atoms with Gasteiger partial charge in [-0.3, -0.25) is 0 Å². The minimum absolute atomic E-state index is 0.0888. The zero-order valence-electron chi connectivity index (χ0n) is 14.3. The van der Waals surface area contributed by atoms with Crippen LogP contribution in [0.5, 0.6) is 5.75 Å². The number of sulfonamides is 1. The summed E-state index contributed by atoms with van der Waals surface area (Å²) >= 11 is 1.49. The molecule has 1 heterocycles. The van der Waals surface area contributed by atoms with Crippen LogP contribution in [0.4, 0.5) is 16.2 Å². The molecule has 0 radical (unpaired) electrons. The van der Waals surface area contributed by atoms with Crippen molar-refractivity contribution in [2.45, 2.75) is 4.90 Å². The molecule has 2 aromatic carbocycles. The van der Waals surface area contributed by atoms with Gasteiger partial charge in [-0.15, -0.1) is 0 Å². The van der Waals surface area contributed by atoms with E-state index in [2.05, 4.69) is 10.6 Å². The molecule has 7 nitrogen and oxygen atoms in total. The number of hydrogen-bond acceptors (Lipinski definition) is 5. The van der Waals surface area contributed by atoms with Gasteiger partial charge in [0.05, 0.1) is 23.4 Å². The van der Waals surface area contributed by atoms with Crippen LogP contribution in [0.1, 0.15) is 0 Å². The number of para-hydroxylation sites is 2. The number of nitrogens with two attached hydrogens (primary N) is 1. The molecule has 0 unspecified atom stereocenters. The number of carbonyl (C=O) groups excluding carboxylic acids is 1. The first kappa shape index (κ1) is 18.9. The molecule has 4 N–H and O–H groups in total. The number of primary sulfonamides is 1. The summed E-state index contributed by atoms with van der Waals surface area (Å²) in [6.07, 6.45) is 0. The number of amides is 2. The highest BCUT2D eigenvalue weighted by Gasteiger charge is 2.15. The van der Waals surface area contributed by atoms with E-state index in [1.54, 1.807) is 30.3 Å². The van der Waals surface area contributed by atoms with Crippen molar-refractivity contribution in [3.05, 3.63) is 59.3 Å². The number of thiophene rings is 1. The summed E-state index contributed by atoms with van der Waals surface area (Å²) in [5, 5.41) is 14.4. The molecule has 2 amide bonds. The third kappa shape index (κ3) is 4.45. The van der Waals surface area contributed by atoms with Crippen LogP contribution in [0, 0.1) is 0 Å². The topological polar surface area (TPSA) is 111 Å². The molecule has 1 aromatic heterocycles. The average molecular weight is 403 g/mol. The zero-order chi connectivity index (χ0) is 19.4. The Labute approximate surface area is 160 Å². The Morgan fingerprint density at radius 3 is 2.48 bits per heavy atom. The van der Waals surface area contributed by atoms with E-state index in [1.807, 2.05) is 16.8 Å². The van der Waals surface area contributed by atoms with Crippen LogP contribution in [0.25, 0.3) is 11.1 Å². The van der Waals surface area contributed by atoms with E-state index in [9.17, 15) is 13.2 Å². The van der Waals surface area contributed by atoms with Gasteiger partial charge in [0, 0.05) is 5.56 Å². The number of hydrogen-bond donors (Lipinski definition) is 3. The molecule has 140 valence electrons. The highest BCUT2D eigenvalue weighted by molar-refractivity contribution is 7.89. The van der Waals surface area contributed by atoms with Crippen molar-refractivity contribution in [3.63, 3.8) is 0 Å². The average Bonchev–Trinajstić information content (AvgIpc) is 3.15. The largest absolute Gasteiger partial charge is 0.495 e. The van der Waals surface area contributed by atoms with Crippen LogP contribution in [0.3, 0.4) is 0 Å². The summed E-state index contributed by atoms with van der Waals surface area (Å²) in [6.45, 7) is 0. The number of methoxy groups -OCH3 is 1. The maximum Gasteiger partial charge on any atom is 0.323 e. The normalized spacial score (nSPS) is 11.0. The molecule has 0 aliphatic heterocycles. The van der Waals surface area contributed by atoms with Crippen molar-refractivity contribution in [2.75, 3.05) is 17.7 Å². The van der Waals surface area contributed by atoms with Gasteiger partial charge in [0.2, 0.25) is 10.0 Å². The molecule has 0 saturated heterocycles. The van der Waals surface area contributed by atoms with E-state index < -0.39 is 16.1 Å². The van der Waals surface area contributed by atoms with Gasteiger partial charge >= 0.3 is 6.03 Å². The standard InChI is InChI=1S/C18H17N3O4S2/c1-25-17-5-3-2-4-15(17)20-18(22)21-16-10-13(27(19,23)24)6-7-14(16)12-8-9-26-11-12/h2-11H,1H3,(H2,19,23,24)(H2,20,21,22). The van der Waals surface area contributed by atoms with Gasteiger partial charge in [0.15, 0.2) is 0 Å². The summed E-state index contributed by atoms with van der Waals surface area (Å²) < 4.78 is 28.6. The number of rotatable bonds is 5. The number of anilines is 2. The Hall–Kier alpha value is -2.88. The number of nitrogens with one attached hydrogen (secondary N) is 2. The number of carbonyl (C=O) groups is 1. The lowest BCUT2D eigenvalue weighted by Crippen LogP contribution is -2.21. The van der Waals surface area contributed by atoms with E-state index in [0.717, 1.165) is 5.56 Å². The predicted octanol–water partition coefficient (Wildman–Crippen LogP) is 3.72. The molecule has 0 aliphatic carbocycles. The second-order valence-corrected chi connectivity index (χ2v) is 7.89. The van der Waals surface area contributed by atoms with Crippen LogP contribution in [0.15, 0.2) is 64.2 Å². The molecule has 0 fully saturated rings. The SMILES string of the molecule is COc1ccccc1NC(=O)Nc1cc(S(N)(=O)=O)ccc1-c1ccsc1. The van der Waals surface area contributed by atoms with Gasteiger partial charge in [-0.1, -0.05) is 18.2 Å². The Balaban J connectivity index is 1.93. The molecule has 3 rings (SSSR count). The first-order valence-corrected chi connectivity index (χ1v) is 10.3. The van der Waals surface area contributed by atoms with Crippen molar-refractivity contribution < 1.29 is 17.9 Å². The zero-order valence-corrected chi connectivity index (χ0v) is 15.9. The van der Waals surface area contributed by atoms with E-state index in [0.29, 0.717) is 22.7 Å². The fourth-order valence-corrected chi connectivity index (χ4v) is 3.69. The molecule has 0 bridgehead atoms. The molecular formula is C18H17N3O4S2. The van der Waals surface area contributed by atoms with Crippen molar-refractivity contribution in [3.8, 4) is 16.9 Å². The van der Waals surface area contributed by atoms with Crippen molar-refractivity contribution in [2.24, 2.45) is 5.14 Å². The number of ether oxygens (including phenoxy) is 1. The third-order valence-electron chi connectivity index (χ3n) is 3.76. The third-order valence-corrected chi connectivity index (χ3v) is 5.35. The van der Waals surface area contributed by atoms with Gasteiger partial charge in [-0.05, 0) is 46.7 Å². The highest BCUT2D eigenvalue weighted by atomic mass is 32.2. The lowest BCUT2D eigenvalue weighted by atomic mass is 10.1. The predicted molar refractivity (Wildman–Crippen MR) is 107 cm³/mol. The van der Waals surface area contributed by atoms with E-state index in [4.69, 9.17) is 9.88 Å². The highest BCUT2D eigenvalue weighted by Crippen LogP contribution is 2.32. The van der Waals surface area contributed by atoms with Gasteiger partial charge in [-0.2, -0.15) is 11.3 Å². The van der Waals surface area contributed by atoms with Gasteiger partial charge in [-0.25, -0.2) is 18.4 Å². The van der Waals surface area contributed by atoms with Crippen LogP contribution in [-0.2, 0) is 10.0 Å². The molecule has 0 atom stereocenters. The molecule has 0 saturated carbocycles. The van der Waals surface area contributed by atoms with E-state index >= 15 is 0 Å². The van der Waals surface area contributed by atoms with E-state index in [-0.39, 0.29) is 4.90 Å². The van der Waals surface area contributed by atoms with Gasteiger partial charge < -0.3 is 15.4 Å². The maximum atomic E-state index is 12.5. The summed E-state index contributed by atoms with van der Waals surface area (Å²) in [5.41, 5.74) is 2.34. The van der Waals surface area contributed by atoms with Crippen LogP contribution in [-0.4, -0.2) is 21.6 Å². The molecule has 9 heteroatoms. The monoisotopic (exact) mass is 403 g/mol. The fraction of sp³-hybridized carbons (Fsp3) is 0.0556. The van der Waals surface area contributed by atoms with Crippen LogP contribution in [0.2, 0.25) is 0 Å². The Morgan fingerprint density at radius 2 is 1.81 bits per heavy atom. The molecule has 3 aromatic rings. The van der Waals surface area contributed by atoms with Gasteiger partial charge in [0.25, 0.3) is 0 Å². The number of benzene rings is 2. The summed E-state index contributed by atoms with van der Waals surface area (Å²) in [4.78, 5) is 12.4. The first-order valence-electron chi connectivity index (χ1n) is 7.79. The fourth-order valence-electron chi connectivity index (χ4n) is 2.50. The Morgan fingerprint density at radius 1 is 1.07 bits per heavy atom. The summed E-state index contributed by atoms with van der Waals surface area (Å²) in [5.74, 6) is 0.504. The van der Waals surface area contributed by atoms with E-state index in [1.165, 1.54) is 30.6 Å². The number of urea groups is 1. The first-order chi connectivity index (χ1) is 12.9. The summed E-state index contributed by atoms with van der Waals surface area (Å²) in [6, 6.07) is 12.6. The van der Waals surface area contributed by atoms with Crippen LogP contribution >= 0.6 is 11.3 Å². The smallest absolute Gasteiger partial charge is 0.323 e. The maximum absolute atomic E-state index is 12.5. The molecule has 0 spiro atoms. The summed E-state index contributed by atoms with van der Waals surface area (Å²) in [7, 11) is -2.40. The second kappa shape index (κ2) is 7.78.